The Bertz CT molecular complexity index is 446. The number of nitrogens with one attached hydrogen (secondary N) is 1. The van der Waals surface area contributed by atoms with Crippen molar-refractivity contribution in [3.8, 4) is 5.75 Å². The van der Waals surface area contributed by atoms with E-state index in [1.165, 1.54) is 7.11 Å². The smallest absolute Gasteiger partial charge is 0.414 e. The monoisotopic (exact) mass is 277 g/mol. The average Bonchev–Trinajstić information content (AvgIpc) is 2.27. The fourth-order valence-electron chi connectivity index (χ4n) is 1.45. The number of methoxy groups -OCH3 is 1. The second-order valence-electron chi connectivity index (χ2n) is 3.92. The van der Waals surface area contributed by atoms with Crippen LogP contribution in [-0.2, 0) is 16.1 Å². The lowest BCUT2D eigenvalue weighted by atomic mass is 10.1. The topological polar surface area (TPSA) is 47.6 Å². The van der Waals surface area contributed by atoms with Gasteiger partial charge in [0.2, 0.25) is 5.91 Å². The van der Waals surface area contributed by atoms with E-state index in [1.807, 2.05) is 6.92 Å². The molecule has 0 unspecified atom stereocenters. The Kier molecular flexibility index (Phi) is 5.17. The molecule has 1 aromatic rings. The van der Waals surface area contributed by atoms with Crippen molar-refractivity contribution in [2.24, 2.45) is 0 Å². The van der Waals surface area contributed by atoms with Crippen LogP contribution in [0.3, 0.4) is 0 Å². The molecule has 0 bridgehead atoms. The van der Waals surface area contributed by atoms with E-state index in [0.29, 0.717) is 11.3 Å². The number of alkyl halides is 3. The van der Waals surface area contributed by atoms with Gasteiger partial charge < -0.3 is 4.74 Å². The standard InChI is InChI=1S/C12H14F3NO3/c1-8-3-4-10(18-2)9(5-8)6-11(17)16-19-7-12(13,14)15/h3-5H,6-7H2,1-2H3,(H,16,17). The lowest BCUT2D eigenvalue weighted by molar-refractivity contribution is -0.191. The van der Waals surface area contributed by atoms with E-state index in [2.05, 4.69) is 4.84 Å². The molecule has 0 radical (unpaired) electrons. The highest BCUT2D eigenvalue weighted by molar-refractivity contribution is 5.78. The quantitative estimate of drug-likeness (QED) is 0.839. The molecule has 0 atom stereocenters. The van der Waals surface area contributed by atoms with E-state index >= 15 is 0 Å². The van der Waals surface area contributed by atoms with E-state index in [-0.39, 0.29) is 6.42 Å². The molecule has 0 saturated heterocycles. The van der Waals surface area contributed by atoms with Gasteiger partial charge in [-0.1, -0.05) is 17.7 Å². The highest BCUT2D eigenvalue weighted by atomic mass is 19.4. The molecule has 1 aromatic carbocycles. The average molecular weight is 277 g/mol. The molecule has 0 saturated carbocycles. The fourth-order valence-corrected chi connectivity index (χ4v) is 1.45. The molecule has 7 heteroatoms. The molecule has 0 spiro atoms. The summed E-state index contributed by atoms with van der Waals surface area (Å²) in [6.07, 6.45) is -4.60. The van der Waals surface area contributed by atoms with Crippen LogP contribution in [0, 0.1) is 6.92 Å². The summed E-state index contributed by atoms with van der Waals surface area (Å²) >= 11 is 0. The maximum absolute atomic E-state index is 11.8. The molecule has 0 aliphatic rings. The van der Waals surface area contributed by atoms with Crippen LogP contribution in [0.5, 0.6) is 5.75 Å². The number of hydroxylamine groups is 1. The summed E-state index contributed by atoms with van der Waals surface area (Å²) in [6.45, 7) is 0.310. The van der Waals surface area contributed by atoms with Gasteiger partial charge in [-0.2, -0.15) is 13.2 Å². The maximum atomic E-state index is 11.8. The summed E-state index contributed by atoms with van der Waals surface area (Å²) in [4.78, 5) is 15.5. The van der Waals surface area contributed by atoms with Crippen molar-refractivity contribution in [1.82, 2.24) is 5.48 Å². The zero-order valence-corrected chi connectivity index (χ0v) is 10.5. The number of rotatable bonds is 5. The van der Waals surface area contributed by atoms with Gasteiger partial charge in [0.25, 0.3) is 0 Å². The first-order chi connectivity index (χ1) is 8.81. The van der Waals surface area contributed by atoms with E-state index in [1.54, 1.807) is 23.7 Å². The first kappa shape index (κ1) is 15.3. The first-order valence-corrected chi connectivity index (χ1v) is 5.42. The molecule has 0 heterocycles. The number of amides is 1. The molecule has 1 rings (SSSR count). The van der Waals surface area contributed by atoms with Crippen LogP contribution in [0.25, 0.3) is 0 Å². The molecule has 4 nitrogen and oxygen atoms in total. The number of hydrogen-bond donors (Lipinski definition) is 1. The Balaban J connectivity index is 2.55. The van der Waals surface area contributed by atoms with Crippen LogP contribution in [0.4, 0.5) is 13.2 Å². The van der Waals surface area contributed by atoms with Gasteiger partial charge in [0.1, 0.15) is 5.75 Å². The van der Waals surface area contributed by atoms with E-state index in [0.717, 1.165) is 5.56 Å². The minimum atomic E-state index is -4.48. The Morgan fingerprint density at radius 2 is 2.05 bits per heavy atom. The highest BCUT2D eigenvalue weighted by Gasteiger charge is 2.28. The van der Waals surface area contributed by atoms with Crippen LogP contribution in [0.2, 0.25) is 0 Å². The van der Waals surface area contributed by atoms with Crippen molar-refractivity contribution in [2.45, 2.75) is 19.5 Å². The third kappa shape index (κ3) is 5.60. The number of hydrogen-bond acceptors (Lipinski definition) is 3. The molecule has 19 heavy (non-hydrogen) atoms. The Hall–Kier alpha value is -1.76. The molecule has 0 aliphatic heterocycles. The summed E-state index contributed by atoms with van der Waals surface area (Å²) in [5.41, 5.74) is 3.24. The van der Waals surface area contributed by atoms with Gasteiger partial charge >= 0.3 is 6.18 Å². The summed E-state index contributed by atoms with van der Waals surface area (Å²) in [7, 11) is 1.45. The van der Waals surface area contributed by atoms with E-state index in [9.17, 15) is 18.0 Å². The Morgan fingerprint density at radius 1 is 1.37 bits per heavy atom. The minimum Gasteiger partial charge on any atom is -0.496 e. The van der Waals surface area contributed by atoms with E-state index < -0.39 is 18.7 Å². The Labute approximate surface area is 108 Å². The molecule has 0 fully saturated rings. The molecular formula is C12H14F3NO3. The van der Waals surface area contributed by atoms with Gasteiger partial charge in [0.05, 0.1) is 13.5 Å². The normalized spacial score (nSPS) is 11.2. The van der Waals surface area contributed by atoms with Crippen LogP contribution < -0.4 is 10.2 Å². The second kappa shape index (κ2) is 6.42. The molecule has 0 aromatic heterocycles. The van der Waals surface area contributed by atoms with Gasteiger partial charge in [0, 0.05) is 5.56 Å². The largest absolute Gasteiger partial charge is 0.496 e. The van der Waals surface area contributed by atoms with Crippen molar-refractivity contribution in [1.29, 1.82) is 0 Å². The molecular weight excluding hydrogens is 263 g/mol. The third-order valence-corrected chi connectivity index (χ3v) is 2.21. The van der Waals surface area contributed by atoms with Crippen LogP contribution in [-0.4, -0.2) is 25.8 Å². The van der Waals surface area contributed by atoms with Crippen molar-refractivity contribution in [3.05, 3.63) is 29.3 Å². The lowest BCUT2D eigenvalue weighted by Crippen LogP contribution is -2.30. The number of ether oxygens (including phenoxy) is 1. The van der Waals surface area contributed by atoms with Gasteiger partial charge in [0.15, 0.2) is 6.61 Å². The second-order valence-corrected chi connectivity index (χ2v) is 3.92. The molecule has 106 valence electrons. The third-order valence-electron chi connectivity index (χ3n) is 2.21. The van der Waals surface area contributed by atoms with Gasteiger partial charge in [-0.05, 0) is 13.0 Å². The van der Waals surface area contributed by atoms with Crippen molar-refractivity contribution < 1.29 is 27.5 Å². The number of aryl methyl sites for hydroxylation is 1. The summed E-state index contributed by atoms with van der Waals surface area (Å²) in [5.74, 6) is -0.176. The zero-order valence-electron chi connectivity index (χ0n) is 10.5. The molecule has 1 amide bonds. The van der Waals surface area contributed by atoms with Crippen molar-refractivity contribution in [2.75, 3.05) is 13.7 Å². The van der Waals surface area contributed by atoms with Gasteiger partial charge in [-0.25, -0.2) is 5.48 Å². The van der Waals surface area contributed by atoms with Crippen LogP contribution in [0.15, 0.2) is 18.2 Å². The lowest BCUT2D eigenvalue weighted by Gasteiger charge is -2.11. The zero-order chi connectivity index (χ0) is 14.5. The maximum Gasteiger partial charge on any atom is 0.414 e. The Morgan fingerprint density at radius 3 is 2.63 bits per heavy atom. The summed E-state index contributed by atoms with van der Waals surface area (Å²) < 4.78 is 40.5. The number of carbonyl (C=O) groups is 1. The minimum absolute atomic E-state index is 0.122. The van der Waals surface area contributed by atoms with Gasteiger partial charge in [-0.3, -0.25) is 9.63 Å². The number of carbonyl (C=O) groups excluding carboxylic acids is 1. The van der Waals surface area contributed by atoms with Crippen molar-refractivity contribution >= 4 is 5.91 Å². The van der Waals surface area contributed by atoms with E-state index in [4.69, 9.17) is 4.74 Å². The molecule has 1 N–H and O–H groups in total. The predicted molar refractivity (Wildman–Crippen MR) is 61.6 cm³/mol. The fraction of sp³-hybridized carbons (Fsp3) is 0.417. The number of benzene rings is 1. The van der Waals surface area contributed by atoms with Crippen molar-refractivity contribution in [3.63, 3.8) is 0 Å². The first-order valence-electron chi connectivity index (χ1n) is 5.42. The summed E-state index contributed by atoms with van der Waals surface area (Å²) in [5, 5.41) is 0. The highest BCUT2D eigenvalue weighted by Crippen LogP contribution is 2.20. The van der Waals surface area contributed by atoms with Crippen LogP contribution in [0.1, 0.15) is 11.1 Å². The predicted octanol–water partition coefficient (Wildman–Crippen LogP) is 2.16. The number of halogens is 3. The SMILES string of the molecule is COc1ccc(C)cc1CC(=O)NOCC(F)(F)F. The summed E-state index contributed by atoms with van der Waals surface area (Å²) in [6, 6.07) is 5.22. The van der Waals surface area contributed by atoms with Crippen LogP contribution >= 0.6 is 0 Å². The van der Waals surface area contributed by atoms with Gasteiger partial charge in [-0.15, -0.1) is 0 Å². The molecule has 0 aliphatic carbocycles.